The van der Waals surface area contributed by atoms with E-state index in [2.05, 4.69) is 4.98 Å². The van der Waals surface area contributed by atoms with Gasteiger partial charge in [0.15, 0.2) is 0 Å². The minimum Gasteiger partial charge on any atom is -0.481 e. The third-order valence-corrected chi connectivity index (χ3v) is 6.16. The molecule has 1 saturated heterocycles. The first-order chi connectivity index (χ1) is 11.0. The molecule has 1 fully saturated rings. The molecular formula is C15H15ClN2O3S2. The molecule has 1 amide bonds. The Hall–Kier alpha value is -1.44. The molecular weight excluding hydrogens is 356 g/mol. The van der Waals surface area contributed by atoms with Gasteiger partial charge in [0.05, 0.1) is 27.2 Å². The first-order valence-corrected chi connectivity index (χ1v) is 9.31. The summed E-state index contributed by atoms with van der Waals surface area (Å²) < 4.78 is 0.717. The highest BCUT2D eigenvalue weighted by Crippen LogP contribution is 2.33. The van der Waals surface area contributed by atoms with E-state index in [0.29, 0.717) is 30.3 Å². The third kappa shape index (κ3) is 3.91. The molecule has 1 aliphatic heterocycles. The summed E-state index contributed by atoms with van der Waals surface area (Å²) in [4.78, 5) is 30.5. The number of hydrogen-bond donors (Lipinski definition) is 1. The average Bonchev–Trinajstić information content (AvgIpc) is 3.16. The van der Waals surface area contributed by atoms with E-state index in [-0.39, 0.29) is 18.2 Å². The van der Waals surface area contributed by atoms with Crippen LogP contribution < -0.4 is 0 Å². The zero-order valence-electron chi connectivity index (χ0n) is 12.2. The van der Waals surface area contributed by atoms with Crippen molar-refractivity contribution in [3.8, 4) is 9.88 Å². The van der Waals surface area contributed by atoms with Crippen molar-refractivity contribution < 1.29 is 14.7 Å². The number of carbonyl (C=O) groups excluding carboxylic acids is 1. The van der Waals surface area contributed by atoms with E-state index in [9.17, 15) is 9.59 Å². The second-order valence-corrected chi connectivity index (χ2v) is 7.99. The van der Waals surface area contributed by atoms with Gasteiger partial charge < -0.3 is 10.0 Å². The Morgan fingerprint density at radius 1 is 1.35 bits per heavy atom. The third-order valence-electron chi connectivity index (χ3n) is 3.86. The molecule has 3 heterocycles. The Morgan fingerprint density at radius 3 is 2.70 bits per heavy atom. The number of nitrogens with zero attached hydrogens (tertiary/aromatic N) is 2. The molecule has 0 saturated carbocycles. The Balaban J connectivity index is 1.58. The van der Waals surface area contributed by atoms with Crippen LogP contribution in [0.5, 0.6) is 0 Å². The molecule has 0 atom stereocenters. The van der Waals surface area contributed by atoms with Crippen LogP contribution >= 0.6 is 34.3 Å². The van der Waals surface area contributed by atoms with Crippen LogP contribution in [0.1, 0.15) is 18.5 Å². The molecule has 0 bridgehead atoms. The number of carboxylic acids is 1. The number of aromatic nitrogens is 1. The first kappa shape index (κ1) is 16.4. The summed E-state index contributed by atoms with van der Waals surface area (Å²) in [5, 5.41) is 11.8. The van der Waals surface area contributed by atoms with Gasteiger partial charge in [0.25, 0.3) is 0 Å². The van der Waals surface area contributed by atoms with Gasteiger partial charge in [-0.25, -0.2) is 4.98 Å². The SMILES string of the molecule is O=C(O)C1CCN(C(=O)Cc2csc(-c3ccc(Cl)s3)n2)CC1. The molecule has 5 nitrogen and oxygen atoms in total. The van der Waals surface area contributed by atoms with E-state index in [4.69, 9.17) is 16.7 Å². The molecule has 122 valence electrons. The molecule has 1 aliphatic rings. The number of carboxylic acid groups (broad SMARTS) is 1. The molecule has 0 unspecified atom stereocenters. The van der Waals surface area contributed by atoms with Crippen molar-refractivity contribution >= 4 is 46.2 Å². The van der Waals surface area contributed by atoms with Gasteiger partial charge in [-0.05, 0) is 25.0 Å². The number of carbonyl (C=O) groups is 2. The Morgan fingerprint density at radius 2 is 2.09 bits per heavy atom. The number of likely N-dealkylation sites (tertiary alicyclic amines) is 1. The number of rotatable bonds is 4. The number of aliphatic carboxylic acids is 1. The maximum absolute atomic E-state index is 12.3. The predicted octanol–water partition coefficient (Wildman–Crippen LogP) is 3.39. The minimum atomic E-state index is -0.768. The van der Waals surface area contributed by atoms with E-state index in [1.165, 1.54) is 22.7 Å². The quantitative estimate of drug-likeness (QED) is 0.895. The minimum absolute atomic E-state index is 0.00917. The van der Waals surface area contributed by atoms with Gasteiger partial charge in [-0.15, -0.1) is 22.7 Å². The summed E-state index contributed by atoms with van der Waals surface area (Å²) in [6, 6.07) is 3.76. The molecule has 8 heteroatoms. The van der Waals surface area contributed by atoms with Crippen molar-refractivity contribution in [1.29, 1.82) is 0 Å². The molecule has 0 aromatic carbocycles. The lowest BCUT2D eigenvalue weighted by Gasteiger charge is -2.30. The Bertz CT molecular complexity index is 720. The standard InChI is InChI=1S/C15H15ClN2O3S2/c16-12-2-1-11(23-12)14-17-10(8-22-14)7-13(19)18-5-3-9(4-6-18)15(20)21/h1-2,8-9H,3-7H2,(H,20,21). The van der Waals surface area contributed by atoms with Crippen LogP contribution in [0.3, 0.4) is 0 Å². The van der Waals surface area contributed by atoms with E-state index in [1.807, 2.05) is 17.5 Å². The number of piperidine rings is 1. The van der Waals surface area contributed by atoms with Gasteiger partial charge in [-0.3, -0.25) is 9.59 Å². The summed E-state index contributed by atoms with van der Waals surface area (Å²) in [6.45, 7) is 1.01. The zero-order valence-corrected chi connectivity index (χ0v) is 14.6. The van der Waals surface area contributed by atoms with Gasteiger partial charge in [-0.2, -0.15) is 0 Å². The second kappa shape index (κ2) is 6.98. The smallest absolute Gasteiger partial charge is 0.306 e. The molecule has 0 spiro atoms. The highest BCUT2D eigenvalue weighted by molar-refractivity contribution is 7.23. The normalized spacial score (nSPS) is 15.8. The molecule has 1 N–H and O–H groups in total. The Labute approximate surface area is 146 Å². The van der Waals surface area contributed by atoms with E-state index in [1.54, 1.807) is 4.90 Å². The van der Waals surface area contributed by atoms with Crippen molar-refractivity contribution in [2.24, 2.45) is 5.92 Å². The fraction of sp³-hybridized carbons (Fsp3) is 0.400. The maximum Gasteiger partial charge on any atom is 0.306 e. The van der Waals surface area contributed by atoms with Gasteiger partial charge in [0, 0.05) is 18.5 Å². The largest absolute Gasteiger partial charge is 0.481 e. The summed E-state index contributed by atoms with van der Waals surface area (Å²) in [6.07, 6.45) is 1.31. The number of halogens is 1. The average molecular weight is 371 g/mol. The molecule has 3 rings (SSSR count). The van der Waals surface area contributed by atoms with Gasteiger partial charge in [0.2, 0.25) is 5.91 Å². The summed E-state index contributed by atoms with van der Waals surface area (Å²) >= 11 is 8.90. The molecule has 23 heavy (non-hydrogen) atoms. The monoisotopic (exact) mass is 370 g/mol. The number of thiophene rings is 1. The van der Waals surface area contributed by atoms with Crippen molar-refractivity contribution in [3.05, 3.63) is 27.5 Å². The lowest BCUT2D eigenvalue weighted by atomic mass is 9.97. The van der Waals surface area contributed by atoms with Crippen molar-refractivity contribution in [2.45, 2.75) is 19.3 Å². The van der Waals surface area contributed by atoms with E-state index < -0.39 is 5.97 Å². The van der Waals surface area contributed by atoms with Crippen LogP contribution in [0.15, 0.2) is 17.5 Å². The second-order valence-electron chi connectivity index (χ2n) is 5.42. The zero-order chi connectivity index (χ0) is 16.4. The van der Waals surface area contributed by atoms with Gasteiger partial charge in [-0.1, -0.05) is 11.6 Å². The first-order valence-electron chi connectivity index (χ1n) is 7.23. The van der Waals surface area contributed by atoms with Crippen LogP contribution in [0.25, 0.3) is 9.88 Å². The van der Waals surface area contributed by atoms with E-state index >= 15 is 0 Å². The van der Waals surface area contributed by atoms with Crippen molar-refractivity contribution in [3.63, 3.8) is 0 Å². The highest BCUT2D eigenvalue weighted by Gasteiger charge is 2.27. The molecule has 2 aromatic rings. The molecule has 0 aliphatic carbocycles. The van der Waals surface area contributed by atoms with Crippen LogP contribution in [0.2, 0.25) is 4.34 Å². The highest BCUT2D eigenvalue weighted by atomic mass is 35.5. The number of thiazole rings is 1. The summed E-state index contributed by atoms with van der Waals surface area (Å²) in [5.41, 5.74) is 0.750. The number of amides is 1. The summed E-state index contributed by atoms with van der Waals surface area (Å²) in [5.74, 6) is -1.08. The summed E-state index contributed by atoms with van der Waals surface area (Å²) in [7, 11) is 0. The van der Waals surface area contributed by atoms with Gasteiger partial charge in [0.1, 0.15) is 5.01 Å². The molecule has 0 radical (unpaired) electrons. The van der Waals surface area contributed by atoms with Crippen LogP contribution in [-0.4, -0.2) is 40.0 Å². The van der Waals surface area contributed by atoms with Crippen LogP contribution in [0, 0.1) is 5.92 Å². The fourth-order valence-electron chi connectivity index (χ4n) is 2.57. The predicted molar refractivity (Wildman–Crippen MR) is 91.1 cm³/mol. The van der Waals surface area contributed by atoms with Crippen molar-refractivity contribution in [2.75, 3.05) is 13.1 Å². The van der Waals surface area contributed by atoms with Gasteiger partial charge >= 0.3 is 5.97 Å². The molecule has 2 aromatic heterocycles. The maximum atomic E-state index is 12.3. The topological polar surface area (TPSA) is 70.5 Å². The van der Waals surface area contributed by atoms with Crippen LogP contribution in [0.4, 0.5) is 0 Å². The fourth-order valence-corrected chi connectivity index (χ4v) is 4.51. The lowest BCUT2D eigenvalue weighted by molar-refractivity contribution is -0.145. The van der Waals surface area contributed by atoms with Crippen molar-refractivity contribution in [1.82, 2.24) is 9.88 Å². The van der Waals surface area contributed by atoms with E-state index in [0.717, 1.165) is 15.6 Å². The lowest BCUT2D eigenvalue weighted by Crippen LogP contribution is -2.41. The Kier molecular flexibility index (Phi) is 4.99. The number of hydrogen-bond acceptors (Lipinski definition) is 5. The van der Waals surface area contributed by atoms with Crippen LogP contribution in [-0.2, 0) is 16.0 Å².